The Hall–Kier alpha value is -1.71. The zero-order valence-electron chi connectivity index (χ0n) is 12.3. The molecule has 0 aromatic heterocycles. The SMILES string of the molecule is Cc1cccc(C)c1OCC(O)CNc1ccc(Cl)cc1. The largest absolute Gasteiger partial charge is 0.490 e. The molecule has 0 spiro atoms. The molecule has 2 aromatic carbocycles. The number of para-hydroxylation sites is 1. The molecule has 0 fully saturated rings. The van der Waals surface area contributed by atoms with Crippen molar-refractivity contribution in [3.63, 3.8) is 0 Å². The lowest BCUT2D eigenvalue weighted by Gasteiger charge is -2.16. The molecule has 0 saturated heterocycles. The number of nitrogens with one attached hydrogen (secondary N) is 1. The Morgan fingerprint density at radius 2 is 1.71 bits per heavy atom. The fourth-order valence-corrected chi connectivity index (χ4v) is 2.19. The number of hydrogen-bond acceptors (Lipinski definition) is 3. The quantitative estimate of drug-likeness (QED) is 0.853. The summed E-state index contributed by atoms with van der Waals surface area (Å²) >= 11 is 5.82. The average molecular weight is 306 g/mol. The summed E-state index contributed by atoms with van der Waals surface area (Å²) in [6.07, 6.45) is -0.584. The molecule has 112 valence electrons. The molecule has 0 amide bonds. The Bertz CT molecular complexity index is 564. The molecule has 0 saturated carbocycles. The second kappa shape index (κ2) is 7.34. The van der Waals surface area contributed by atoms with E-state index in [1.165, 1.54) is 0 Å². The van der Waals surface area contributed by atoms with Crippen molar-refractivity contribution in [2.24, 2.45) is 0 Å². The highest BCUT2D eigenvalue weighted by atomic mass is 35.5. The minimum absolute atomic E-state index is 0.256. The van der Waals surface area contributed by atoms with Gasteiger partial charge in [-0.25, -0.2) is 0 Å². The van der Waals surface area contributed by atoms with Crippen molar-refractivity contribution in [2.45, 2.75) is 20.0 Å². The number of aliphatic hydroxyl groups excluding tert-OH is 1. The van der Waals surface area contributed by atoms with Crippen LogP contribution < -0.4 is 10.1 Å². The number of ether oxygens (including phenoxy) is 1. The van der Waals surface area contributed by atoms with Crippen LogP contribution in [0.15, 0.2) is 42.5 Å². The van der Waals surface area contributed by atoms with Gasteiger partial charge in [-0.3, -0.25) is 0 Å². The van der Waals surface area contributed by atoms with E-state index in [9.17, 15) is 5.11 Å². The lowest BCUT2D eigenvalue weighted by Crippen LogP contribution is -2.26. The highest BCUT2D eigenvalue weighted by molar-refractivity contribution is 6.30. The summed E-state index contributed by atoms with van der Waals surface area (Å²) in [6, 6.07) is 13.4. The first-order chi connectivity index (χ1) is 10.1. The van der Waals surface area contributed by atoms with E-state index < -0.39 is 6.10 Å². The Morgan fingerprint density at radius 3 is 2.33 bits per heavy atom. The fourth-order valence-electron chi connectivity index (χ4n) is 2.07. The maximum absolute atomic E-state index is 9.99. The Labute approximate surface area is 130 Å². The minimum Gasteiger partial charge on any atom is -0.490 e. The van der Waals surface area contributed by atoms with Gasteiger partial charge in [-0.05, 0) is 49.2 Å². The summed E-state index contributed by atoms with van der Waals surface area (Å²) in [5.74, 6) is 0.850. The Morgan fingerprint density at radius 1 is 1.10 bits per heavy atom. The first kappa shape index (κ1) is 15.7. The number of rotatable bonds is 6. The maximum atomic E-state index is 9.99. The van der Waals surface area contributed by atoms with Crippen molar-refractivity contribution in [3.8, 4) is 5.75 Å². The van der Waals surface area contributed by atoms with E-state index in [-0.39, 0.29) is 6.61 Å². The standard InChI is InChI=1S/C17H20ClNO2/c1-12-4-3-5-13(2)17(12)21-11-16(20)10-19-15-8-6-14(18)7-9-15/h3-9,16,19-20H,10-11H2,1-2H3. The first-order valence-electron chi connectivity index (χ1n) is 6.93. The van der Waals surface area contributed by atoms with Crippen LogP contribution in [0, 0.1) is 13.8 Å². The zero-order chi connectivity index (χ0) is 15.2. The number of hydrogen-bond donors (Lipinski definition) is 2. The average Bonchev–Trinajstić information content (AvgIpc) is 2.46. The third kappa shape index (κ3) is 4.66. The molecule has 3 nitrogen and oxygen atoms in total. The van der Waals surface area contributed by atoms with Crippen LogP contribution in [-0.2, 0) is 0 Å². The van der Waals surface area contributed by atoms with Gasteiger partial charge in [0.05, 0.1) is 0 Å². The molecular formula is C17H20ClNO2. The van der Waals surface area contributed by atoms with E-state index in [1.807, 2.05) is 56.3 Å². The predicted octanol–water partition coefficient (Wildman–Crippen LogP) is 3.81. The van der Waals surface area contributed by atoms with Crippen LogP contribution in [0.2, 0.25) is 5.02 Å². The fraction of sp³-hybridized carbons (Fsp3) is 0.294. The predicted molar refractivity (Wildman–Crippen MR) is 87.4 cm³/mol. The number of halogens is 1. The topological polar surface area (TPSA) is 41.5 Å². The van der Waals surface area contributed by atoms with Crippen LogP contribution in [0.25, 0.3) is 0 Å². The van der Waals surface area contributed by atoms with Crippen LogP contribution in [0.1, 0.15) is 11.1 Å². The third-order valence-electron chi connectivity index (χ3n) is 3.21. The minimum atomic E-state index is -0.584. The van der Waals surface area contributed by atoms with Crippen molar-refractivity contribution in [2.75, 3.05) is 18.5 Å². The lowest BCUT2D eigenvalue weighted by atomic mass is 10.1. The molecule has 0 radical (unpaired) electrons. The highest BCUT2D eigenvalue weighted by Gasteiger charge is 2.08. The van der Waals surface area contributed by atoms with Gasteiger partial charge < -0.3 is 15.2 Å². The van der Waals surface area contributed by atoms with E-state index in [0.29, 0.717) is 11.6 Å². The van der Waals surface area contributed by atoms with E-state index in [4.69, 9.17) is 16.3 Å². The number of aryl methyl sites for hydroxylation is 2. The summed E-state index contributed by atoms with van der Waals surface area (Å²) < 4.78 is 5.73. The molecule has 2 aromatic rings. The lowest BCUT2D eigenvalue weighted by molar-refractivity contribution is 0.117. The summed E-state index contributed by atoms with van der Waals surface area (Å²) in [5, 5.41) is 13.8. The van der Waals surface area contributed by atoms with Crippen LogP contribution in [0.3, 0.4) is 0 Å². The molecule has 4 heteroatoms. The van der Waals surface area contributed by atoms with Crippen molar-refractivity contribution >= 4 is 17.3 Å². The van der Waals surface area contributed by atoms with Crippen LogP contribution in [0.4, 0.5) is 5.69 Å². The molecule has 2 N–H and O–H groups in total. The third-order valence-corrected chi connectivity index (χ3v) is 3.47. The van der Waals surface area contributed by atoms with Gasteiger partial charge in [0, 0.05) is 17.3 Å². The number of aliphatic hydroxyl groups is 1. The molecule has 0 aliphatic heterocycles. The van der Waals surface area contributed by atoms with E-state index in [1.54, 1.807) is 0 Å². The second-order valence-electron chi connectivity index (χ2n) is 5.07. The van der Waals surface area contributed by atoms with Crippen molar-refractivity contribution in [3.05, 3.63) is 58.6 Å². The molecule has 0 aliphatic carbocycles. The van der Waals surface area contributed by atoms with Crippen LogP contribution in [-0.4, -0.2) is 24.4 Å². The monoisotopic (exact) mass is 305 g/mol. The number of anilines is 1. The molecular weight excluding hydrogens is 286 g/mol. The van der Waals surface area contributed by atoms with Gasteiger partial charge in [-0.15, -0.1) is 0 Å². The van der Waals surface area contributed by atoms with Crippen LogP contribution >= 0.6 is 11.6 Å². The van der Waals surface area contributed by atoms with Gasteiger partial charge in [0.1, 0.15) is 18.5 Å². The molecule has 1 unspecified atom stereocenters. The van der Waals surface area contributed by atoms with Crippen LogP contribution in [0.5, 0.6) is 5.75 Å². The number of benzene rings is 2. The van der Waals surface area contributed by atoms with Gasteiger partial charge in [0.2, 0.25) is 0 Å². The normalized spacial score (nSPS) is 12.0. The van der Waals surface area contributed by atoms with Gasteiger partial charge >= 0.3 is 0 Å². The Kier molecular flexibility index (Phi) is 5.48. The van der Waals surface area contributed by atoms with Crippen molar-refractivity contribution < 1.29 is 9.84 Å². The van der Waals surface area contributed by atoms with Gasteiger partial charge in [-0.2, -0.15) is 0 Å². The highest BCUT2D eigenvalue weighted by Crippen LogP contribution is 2.22. The van der Waals surface area contributed by atoms with E-state index in [2.05, 4.69) is 5.32 Å². The summed E-state index contributed by atoms with van der Waals surface area (Å²) in [5.41, 5.74) is 3.08. The van der Waals surface area contributed by atoms with Crippen molar-refractivity contribution in [1.82, 2.24) is 0 Å². The zero-order valence-corrected chi connectivity index (χ0v) is 13.0. The molecule has 2 rings (SSSR count). The van der Waals surface area contributed by atoms with Gasteiger partial charge in [0.25, 0.3) is 0 Å². The summed E-state index contributed by atoms with van der Waals surface area (Å²) in [7, 11) is 0. The van der Waals surface area contributed by atoms with Gasteiger partial charge in [0.15, 0.2) is 0 Å². The Balaban J connectivity index is 1.82. The van der Waals surface area contributed by atoms with E-state index >= 15 is 0 Å². The molecule has 0 aliphatic rings. The second-order valence-corrected chi connectivity index (χ2v) is 5.51. The molecule has 1 atom stereocenters. The molecule has 0 bridgehead atoms. The first-order valence-corrected chi connectivity index (χ1v) is 7.30. The van der Waals surface area contributed by atoms with Crippen molar-refractivity contribution in [1.29, 1.82) is 0 Å². The smallest absolute Gasteiger partial charge is 0.125 e. The summed E-state index contributed by atoms with van der Waals surface area (Å²) in [4.78, 5) is 0. The van der Waals surface area contributed by atoms with E-state index in [0.717, 1.165) is 22.6 Å². The molecule has 0 heterocycles. The maximum Gasteiger partial charge on any atom is 0.125 e. The molecule has 21 heavy (non-hydrogen) atoms. The van der Waals surface area contributed by atoms with Gasteiger partial charge in [-0.1, -0.05) is 29.8 Å². The summed E-state index contributed by atoms with van der Waals surface area (Å²) in [6.45, 7) is 4.68.